The fourth-order valence-electron chi connectivity index (χ4n) is 4.13. The van der Waals surface area contributed by atoms with Gasteiger partial charge in [-0.05, 0) is 51.3 Å². The maximum Gasteiger partial charge on any atom is 0.0446 e. The number of benzene rings is 1. The van der Waals surface area contributed by atoms with Crippen LogP contribution in [-0.4, -0.2) is 31.1 Å². The van der Waals surface area contributed by atoms with E-state index in [1.807, 2.05) is 0 Å². The lowest BCUT2D eigenvalue weighted by atomic mass is 9.85. The Morgan fingerprint density at radius 1 is 1.15 bits per heavy atom. The minimum atomic E-state index is 0.469. The number of nitrogens with one attached hydrogen (secondary N) is 1. The van der Waals surface area contributed by atoms with Crippen molar-refractivity contribution in [3.05, 3.63) is 35.4 Å². The highest BCUT2D eigenvalue weighted by molar-refractivity contribution is 5.24. The molecular weight excluding hydrogens is 244 g/mol. The maximum absolute atomic E-state index is 3.52. The fraction of sp³-hybridized carbons (Fsp3) is 0.667. The third-order valence-corrected chi connectivity index (χ3v) is 5.37. The fourth-order valence-corrected chi connectivity index (χ4v) is 4.13. The Morgan fingerprint density at radius 3 is 2.65 bits per heavy atom. The summed E-state index contributed by atoms with van der Waals surface area (Å²) >= 11 is 0. The zero-order valence-electron chi connectivity index (χ0n) is 12.9. The van der Waals surface area contributed by atoms with Gasteiger partial charge in [-0.1, -0.05) is 42.7 Å². The Morgan fingerprint density at radius 2 is 1.90 bits per heavy atom. The normalized spacial score (nSPS) is 28.3. The molecule has 1 aliphatic heterocycles. The summed E-state index contributed by atoms with van der Waals surface area (Å²) in [7, 11) is 2.10. The van der Waals surface area contributed by atoms with Crippen LogP contribution < -0.4 is 5.32 Å². The third kappa shape index (κ3) is 2.91. The minimum Gasteiger partial charge on any atom is -0.312 e. The van der Waals surface area contributed by atoms with Gasteiger partial charge in [-0.25, -0.2) is 0 Å². The van der Waals surface area contributed by atoms with Gasteiger partial charge >= 0.3 is 0 Å². The molecule has 1 heterocycles. The number of hydrogen-bond donors (Lipinski definition) is 1. The number of aryl methyl sites for hydroxylation is 1. The molecule has 0 radical (unpaired) electrons. The van der Waals surface area contributed by atoms with Crippen LogP contribution >= 0.6 is 0 Å². The molecule has 1 saturated heterocycles. The van der Waals surface area contributed by atoms with Crippen LogP contribution in [0, 0.1) is 12.8 Å². The topological polar surface area (TPSA) is 15.3 Å². The zero-order chi connectivity index (χ0) is 13.9. The average Bonchev–Trinajstić information content (AvgIpc) is 2.89. The molecule has 2 nitrogen and oxygen atoms in total. The molecule has 1 N–H and O–H groups in total. The van der Waals surface area contributed by atoms with Crippen LogP contribution in [0.5, 0.6) is 0 Å². The maximum atomic E-state index is 3.52. The van der Waals surface area contributed by atoms with Crippen molar-refractivity contribution >= 4 is 0 Å². The molecular formula is C18H28N2. The van der Waals surface area contributed by atoms with Gasteiger partial charge in [0.1, 0.15) is 0 Å². The number of hydrogen-bond acceptors (Lipinski definition) is 2. The minimum absolute atomic E-state index is 0.469. The Balaban J connectivity index is 1.67. The Hall–Kier alpha value is -0.860. The van der Waals surface area contributed by atoms with Gasteiger partial charge in [0.15, 0.2) is 0 Å². The summed E-state index contributed by atoms with van der Waals surface area (Å²) in [6.45, 7) is 4.63. The molecule has 1 aromatic rings. The molecule has 2 fully saturated rings. The SMILES string of the molecule is CNC(CN1CCC2CCCCC21)c1ccc(C)cc1. The summed E-state index contributed by atoms with van der Waals surface area (Å²) in [5.74, 6) is 0.985. The van der Waals surface area contributed by atoms with Crippen molar-refractivity contribution < 1.29 is 0 Å². The van der Waals surface area contributed by atoms with Crippen molar-refractivity contribution in [3.8, 4) is 0 Å². The lowest BCUT2D eigenvalue weighted by Crippen LogP contribution is -2.40. The van der Waals surface area contributed by atoms with E-state index in [0.717, 1.165) is 12.0 Å². The van der Waals surface area contributed by atoms with E-state index in [1.54, 1.807) is 0 Å². The Labute approximate surface area is 123 Å². The van der Waals surface area contributed by atoms with E-state index in [9.17, 15) is 0 Å². The van der Waals surface area contributed by atoms with Crippen molar-refractivity contribution in [2.24, 2.45) is 5.92 Å². The lowest BCUT2D eigenvalue weighted by molar-refractivity contribution is 0.169. The molecule has 1 saturated carbocycles. The summed E-state index contributed by atoms with van der Waals surface area (Å²) in [6.07, 6.45) is 7.22. The Kier molecular flexibility index (Phi) is 4.42. The second kappa shape index (κ2) is 6.28. The molecule has 2 aliphatic rings. The number of fused-ring (bicyclic) bond motifs is 1. The van der Waals surface area contributed by atoms with Crippen LogP contribution in [0.2, 0.25) is 0 Å². The van der Waals surface area contributed by atoms with Crippen molar-refractivity contribution in [2.75, 3.05) is 20.1 Å². The van der Waals surface area contributed by atoms with Gasteiger partial charge < -0.3 is 5.32 Å². The van der Waals surface area contributed by atoms with Crippen LogP contribution in [0.15, 0.2) is 24.3 Å². The van der Waals surface area contributed by atoms with E-state index in [2.05, 4.69) is 48.5 Å². The van der Waals surface area contributed by atoms with Gasteiger partial charge in [-0.2, -0.15) is 0 Å². The number of likely N-dealkylation sites (tertiary alicyclic amines) is 1. The van der Waals surface area contributed by atoms with Crippen molar-refractivity contribution in [3.63, 3.8) is 0 Å². The molecule has 1 aromatic carbocycles. The quantitative estimate of drug-likeness (QED) is 0.902. The van der Waals surface area contributed by atoms with E-state index in [-0.39, 0.29) is 0 Å². The van der Waals surface area contributed by atoms with Crippen LogP contribution in [0.1, 0.15) is 49.3 Å². The van der Waals surface area contributed by atoms with Gasteiger partial charge in [-0.15, -0.1) is 0 Å². The molecule has 3 atom stereocenters. The highest BCUT2D eigenvalue weighted by atomic mass is 15.2. The average molecular weight is 272 g/mol. The van der Waals surface area contributed by atoms with E-state index < -0.39 is 0 Å². The number of nitrogens with zero attached hydrogens (tertiary/aromatic N) is 1. The largest absolute Gasteiger partial charge is 0.312 e. The molecule has 3 rings (SSSR count). The van der Waals surface area contributed by atoms with Crippen LogP contribution in [0.25, 0.3) is 0 Å². The highest BCUT2D eigenvalue weighted by Gasteiger charge is 2.36. The lowest BCUT2D eigenvalue weighted by Gasteiger charge is -2.34. The summed E-state index contributed by atoms with van der Waals surface area (Å²) < 4.78 is 0. The molecule has 2 heteroatoms. The van der Waals surface area contributed by atoms with Crippen LogP contribution in [0.4, 0.5) is 0 Å². The van der Waals surface area contributed by atoms with Gasteiger partial charge in [0.25, 0.3) is 0 Å². The van der Waals surface area contributed by atoms with Gasteiger partial charge in [0.05, 0.1) is 0 Å². The molecule has 0 amide bonds. The van der Waals surface area contributed by atoms with Gasteiger partial charge in [0, 0.05) is 18.6 Å². The first kappa shape index (κ1) is 14.1. The summed E-state index contributed by atoms with van der Waals surface area (Å²) in [6, 6.07) is 10.4. The summed E-state index contributed by atoms with van der Waals surface area (Å²) in [5, 5.41) is 3.52. The number of likely N-dealkylation sites (N-methyl/N-ethyl adjacent to an activating group) is 1. The monoisotopic (exact) mass is 272 g/mol. The first-order valence-corrected chi connectivity index (χ1v) is 8.26. The predicted molar refractivity (Wildman–Crippen MR) is 84.9 cm³/mol. The molecule has 110 valence electrons. The van der Waals surface area contributed by atoms with Crippen molar-refractivity contribution in [1.29, 1.82) is 0 Å². The first-order valence-electron chi connectivity index (χ1n) is 8.26. The molecule has 20 heavy (non-hydrogen) atoms. The number of rotatable bonds is 4. The molecule has 0 bridgehead atoms. The molecule has 0 spiro atoms. The van der Waals surface area contributed by atoms with Gasteiger partial charge in [-0.3, -0.25) is 4.90 Å². The highest BCUT2D eigenvalue weighted by Crippen LogP contribution is 2.36. The Bertz CT molecular complexity index is 426. The summed E-state index contributed by atoms with van der Waals surface area (Å²) in [5.41, 5.74) is 2.77. The molecule has 1 aliphatic carbocycles. The smallest absolute Gasteiger partial charge is 0.0446 e. The first-order chi connectivity index (χ1) is 9.78. The molecule has 0 aromatic heterocycles. The van der Waals surface area contributed by atoms with E-state index >= 15 is 0 Å². The third-order valence-electron chi connectivity index (χ3n) is 5.37. The van der Waals surface area contributed by atoms with Crippen molar-refractivity contribution in [1.82, 2.24) is 10.2 Å². The molecule has 3 unspecified atom stereocenters. The zero-order valence-corrected chi connectivity index (χ0v) is 12.9. The van der Waals surface area contributed by atoms with E-state index in [4.69, 9.17) is 0 Å². The van der Waals surface area contributed by atoms with E-state index in [1.165, 1.54) is 56.3 Å². The predicted octanol–water partition coefficient (Wildman–Crippen LogP) is 3.52. The van der Waals surface area contributed by atoms with Crippen LogP contribution in [-0.2, 0) is 0 Å². The standard InChI is InChI=1S/C18H28N2/c1-14-7-9-15(10-8-14)17(19-2)13-20-12-11-16-5-3-4-6-18(16)20/h7-10,16-19H,3-6,11-13H2,1-2H3. The van der Waals surface area contributed by atoms with Crippen molar-refractivity contribution in [2.45, 2.75) is 51.1 Å². The van der Waals surface area contributed by atoms with Crippen LogP contribution in [0.3, 0.4) is 0 Å². The summed E-state index contributed by atoms with van der Waals surface area (Å²) in [4.78, 5) is 2.75. The second-order valence-corrected chi connectivity index (χ2v) is 6.65. The van der Waals surface area contributed by atoms with E-state index in [0.29, 0.717) is 6.04 Å². The second-order valence-electron chi connectivity index (χ2n) is 6.65. The van der Waals surface area contributed by atoms with Gasteiger partial charge in [0.2, 0.25) is 0 Å².